The summed E-state index contributed by atoms with van der Waals surface area (Å²) in [7, 11) is 3.13. The number of nitrogens with one attached hydrogen (secondary N) is 1. The largest absolute Gasteiger partial charge is 0.497 e. The van der Waals surface area contributed by atoms with E-state index in [1.807, 2.05) is 55.5 Å². The molecule has 0 aliphatic rings. The standard InChI is InChI=1S/C27H25IN2O4/c1-18-5-4-6-20(11-18)17-34-25-10-7-19(13-24(25)28)12-22(15-29)27(31)30-16-21-8-9-23(32-2)14-26(21)33-3/h4-14H,16-17H2,1-3H3,(H,30,31)/b22-12+. The summed E-state index contributed by atoms with van der Waals surface area (Å²) in [6.07, 6.45) is 1.56. The normalized spacial score (nSPS) is 10.9. The fourth-order valence-electron chi connectivity index (χ4n) is 3.27. The maximum absolute atomic E-state index is 12.6. The van der Waals surface area contributed by atoms with Crippen LogP contribution in [0.25, 0.3) is 6.08 Å². The Morgan fingerprint density at radius 1 is 1.06 bits per heavy atom. The van der Waals surface area contributed by atoms with Crippen LogP contribution in [0, 0.1) is 21.8 Å². The highest BCUT2D eigenvalue weighted by molar-refractivity contribution is 14.1. The van der Waals surface area contributed by atoms with Crippen molar-refractivity contribution in [2.45, 2.75) is 20.1 Å². The number of benzene rings is 3. The number of amides is 1. The molecule has 0 aliphatic carbocycles. The predicted octanol–water partition coefficient (Wildman–Crippen LogP) is 5.42. The fraction of sp³-hybridized carbons (Fsp3) is 0.185. The Kier molecular flexibility index (Phi) is 8.93. The summed E-state index contributed by atoms with van der Waals surface area (Å²) in [6.45, 7) is 2.73. The van der Waals surface area contributed by atoms with Crippen molar-refractivity contribution < 1.29 is 19.0 Å². The molecule has 0 heterocycles. The minimum Gasteiger partial charge on any atom is -0.497 e. The molecule has 6 nitrogen and oxygen atoms in total. The Hall–Kier alpha value is -3.51. The van der Waals surface area contributed by atoms with Crippen LogP contribution in [0.4, 0.5) is 0 Å². The molecule has 0 fully saturated rings. The van der Waals surface area contributed by atoms with E-state index in [-0.39, 0.29) is 12.1 Å². The van der Waals surface area contributed by atoms with Gasteiger partial charge in [-0.15, -0.1) is 0 Å². The Balaban J connectivity index is 1.66. The summed E-state index contributed by atoms with van der Waals surface area (Å²) in [4.78, 5) is 12.6. The topological polar surface area (TPSA) is 80.6 Å². The first-order chi connectivity index (χ1) is 16.4. The first kappa shape index (κ1) is 25.1. The molecule has 174 valence electrons. The minimum absolute atomic E-state index is 0.0108. The molecule has 0 saturated carbocycles. The van der Waals surface area contributed by atoms with E-state index in [9.17, 15) is 10.1 Å². The Morgan fingerprint density at radius 2 is 1.88 bits per heavy atom. The highest BCUT2D eigenvalue weighted by atomic mass is 127. The van der Waals surface area contributed by atoms with E-state index in [2.05, 4.69) is 34.0 Å². The minimum atomic E-state index is -0.463. The van der Waals surface area contributed by atoms with Gasteiger partial charge in [-0.3, -0.25) is 4.79 Å². The molecular weight excluding hydrogens is 543 g/mol. The van der Waals surface area contributed by atoms with Gasteiger partial charge in [-0.1, -0.05) is 35.9 Å². The number of rotatable bonds is 9. The van der Waals surface area contributed by atoms with Crippen molar-refractivity contribution in [1.29, 1.82) is 5.26 Å². The lowest BCUT2D eigenvalue weighted by molar-refractivity contribution is -0.117. The number of ether oxygens (including phenoxy) is 3. The van der Waals surface area contributed by atoms with E-state index in [0.29, 0.717) is 18.1 Å². The number of halogens is 1. The number of hydrogen-bond donors (Lipinski definition) is 1. The molecule has 7 heteroatoms. The van der Waals surface area contributed by atoms with Crippen LogP contribution in [-0.2, 0) is 17.9 Å². The van der Waals surface area contributed by atoms with Crippen LogP contribution in [0.2, 0.25) is 0 Å². The van der Waals surface area contributed by atoms with Crippen molar-refractivity contribution >= 4 is 34.6 Å². The predicted molar refractivity (Wildman–Crippen MR) is 140 cm³/mol. The molecule has 34 heavy (non-hydrogen) atoms. The van der Waals surface area contributed by atoms with E-state index < -0.39 is 5.91 Å². The van der Waals surface area contributed by atoms with E-state index in [4.69, 9.17) is 14.2 Å². The molecule has 0 aromatic heterocycles. The number of nitriles is 1. The van der Waals surface area contributed by atoms with Gasteiger partial charge in [0.2, 0.25) is 0 Å². The molecule has 0 radical (unpaired) electrons. The summed E-state index contributed by atoms with van der Waals surface area (Å²) >= 11 is 2.19. The molecule has 0 spiro atoms. The van der Waals surface area contributed by atoms with Crippen LogP contribution >= 0.6 is 22.6 Å². The first-order valence-electron chi connectivity index (χ1n) is 10.5. The summed E-state index contributed by atoms with van der Waals surface area (Å²) in [5.41, 5.74) is 3.80. The number of hydrogen-bond acceptors (Lipinski definition) is 5. The molecule has 1 amide bonds. The average molecular weight is 568 g/mol. The van der Waals surface area contributed by atoms with Crippen LogP contribution < -0.4 is 19.5 Å². The van der Waals surface area contributed by atoms with Crippen molar-refractivity contribution in [1.82, 2.24) is 5.32 Å². The summed E-state index contributed by atoms with van der Waals surface area (Å²) in [5, 5.41) is 12.3. The van der Waals surface area contributed by atoms with Gasteiger partial charge in [-0.25, -0.2) is 0 Å². The third kappa shape index (κ3) is 6.75. The second-order valence-corrected chi connectivity index (χ2v) is 8.66. The SMILES string of the molecule is COc1ccc(CNC(=O)/C(C#N)=C/c2ccc(OCc3cccc(C)c3)c(I)c2)c(OC)c1. The van der Waals surface area contributed by atoms with Gasteiger partial charge in [0.25, 0.3) is 5.91 Å². The second kappa shape index (κ2) is 12.1. The van der Waals surface area contributed by atoms with E-state index in [0.717, 1.165) is 26.0 Å². The fourth-order valence-corrected chi connectivity index (χ4v) is 3.97. The third-order valence-corrected chi connectivity index (χ3v) is 5.89. The van der Waals surface area contributed by atoms with Crippen molar-refractivity contribution in [2.75, 3.05) is 14.2 Å². The first-order valence-corrected chi connectivity index (χ1v) is 11.6. The summed E-state index contributed by atoms with van der Waals surface area (Å²) in [6, 6.07) is 21.0. The second-order valence-electron chi connectivity index (χ2n) is 7.50. The molecule has 0 bridgehead atoms. The molecular formula is C27H25IN2O4. The van der Waals surface area contributed by atoms with Gasteiger partial charge in [0.15, 0.2) is 0 Å². The van der Waals surface area contributed by atoms with Gasteiger partial charge in [0, 0.05) is 18.2 Å². The van der Waals surface area contributed by atoms with Crippen molar-refractivity contribution in [3.05, 3.63) is 92.1 Å². The number of carbonyl (C=O) groups is 1. The molecule has 1 N–H and O–H groups in total. The van der Waals surface area contributed by atoms with Crippen LogP contribution in [0.3, 0.4) is 0 Å². The molecule has 0 unspecified atom stereocenters. The van der Waals surface area contributed by atoms with Gasteiger partial charge in [-0.2, -0.15) is 5.26 Å². The average Bonchev–Trinajstić information content (AvgIpc) is 2.85. The lowest BCUT2D eigenvalue weighted by Crippen LogP contribution is -2.24. The monoisotopic (exact) mass is 568 g/mol. The lowest BCUT2D eigenvalue weighted by atomic mass is 10.1. The lowest BCUT2D eigenvalue weighted by Gasteiger charge is -2.11. The summed E-state index contributed by atoms with van der Waals surface area (Å²) < 4.78 is 17.4. The van der Waals surface area contributed by atoms with E-state index in [1.54, 1.807) is 32.4 Å². The van der Waals surface area contributed by atoms with Crippen molar-refractivity contribution in [2.24, 2.45) is 0 Å². The van der Waals surface area contributed by atoms with Gasteiger partial charge >= 0.3 is 0 Å². The van der Waals surface area contributed by atoms with Crippen molar-refractivity contribution in [3.63, 3.8) is 0 Å². The smallest absolute Gasteiger partial charge is 0.262 e. The zero-order chi connectivity index (χ0) is 24.5. The zero-order valence-corrected chi connectivity index (χ0v) is 21.4. The van der Waals surface area contributed by atoms with Gasteiger partial charge in [-0.05, 0) is 71.0 Å². The Labute approximate surface area is 213 Å². The number of carbonyl (C=O) groups excluding carboxylic acids is 1. The molecule has 0 saturated heterocycles. The van der Waals surface area contributed by atoms with Crippen LogP contribution in [0.1, 0.15) is 22.3 Å². The van der Waals surface area contributed by atoms with Crippen LogP contribution in [0.15, 0.2) is 66.2 Å². The number of aryl methyl sites for hydroxylation is 1. The van der Waals surface area contributed by atoms with Gasteiger partial charge < -0.3 is 19.5 Å². The van der Waals surface area contributed by atoms with Gasteiger partial charge in [0.05, 0.1) is 17.8 Å². The molecule has 3 aromatic rings. The molecule has 3 aromatic carbocycles. The maximum Gasteiger partial charge on any atom is 0.262 e. The quantitative estimate of drug-likeness (QED) is 0.212. The highest BCUT2D eigenvalue weighted by Gasteiger charge is 2.12. The van der Waals surface area contributed by atoms with Crippen LogP contribution in [0.5, 0.6) is 17.2 Å². The molecule has 0 aliphatic heterocycles. The zero-order valence-electron chi connectivity index (χ0n) is 19.2. The maximum atomic E-state index is 12.6. The molecule has 3 rings (SSSR count). The van der Waals surface area contributed by atoms with Gasteiger partial charge in [0.1, 0.15) is 35.5 Å². The van der Waals surface area contributed by atoms with Crippen molar-refractivity contribution in [3.8, 4) is 23.3 Å². The Morgan fingerprint density at radius 3 is 2.56 bits per heavy atom. The number of methoxy groups -OCH3 is 2. The summed E-state index contributed by atoms with van der Waals surface area (Å²) in [5.74, 6) is 1.53. The van der Waals surface area contributed by atoms with E-state index in [1.165, 1.54) is 5.56 Å². The molecule has 0 atom stereocenters. The highest BCUT2D eigenvalue weighted by Crippen LogP contribution is 2.26. The Bertz CT molecular complexity index is 1250. The van der Waals surface area contributed by atoms with E-state index >= 15 is 0 Å². The van der Waals surface area contributed by atoms with Crippen LogP contribution in [-0.4, -0.2) is 20.1 Å². The third-order valence-electron chi connectivity index (χ3n) is 5.04. The number of nitrogens with zero attached hydrogens (tertiary/aromatic N) is 1.